The number of halogens is 4. The third-order valence-electron chi connectivity index (χ3n) is 40.9. The first-order chi connectivity index (χ1) is 56.4. The summed E-state index contributed by atoms with van der Waals surface area (Å²) in [6.07, 6.45) is 43.5. The second-order valence-corrected chi connectivity index (χ2v) is 46.2. The fourth-order valence-corrected chi connectivity index (χ4v) is 33.1. The Morgan fingerprint density at radius 1 is 0.402 bits per heavy atom. The molecule has 20 rings (SSSR count). The second-order valence-electron chi connectivity index (χ2n) is 46.2. The van der Waals surface area contributed by atoms with Crippen molar-refractivity contribution in [2.24, 2.45) is 154 Å². The largest absolute Gasteiger partial charge is 1.00 e. The van der Waals surface area contributed by atoms with E-state index in [0.29, 0.717) is 77.4 Å². The van der Waals surface area contributed by atoms with Gasteiger partial charge in [0.25, 0.3) is 0 Å². The van der Waals surface area contributed by atoms with E-state index in [1.807, 2.05) is 26.0 Å². The van der Waals surface area contributed by atoms with E-state index in [1.165, 1.54) is 140 Å². The predicted octanol–water partition coefficient (Wildman–Crippen LogP) is 19.2. The molecule has 667 valence electrons. The molecule has 0 aromatic heterocycles. The number of nitriles is 3. The molecule has 20 aliphatic carbocycles. The number of Topliss-reactive ketones (excluding diaryl/α,β-unsaturated/α-hetero) is 3. The number of aliphatic hydroxyl groups excluding tert-OH is 3. The topological polar surface area (TPSA) is 238 Å². The monoisotopic (exact) mass is 1700 g/mol. The first-order valence-electron chi connectivity index (χ1n) is 48.0. The quantitative estimate of drug-likeness (QED) is 0.0767. The van der Waals surface area contributed by atoms with E-state index in [0.717, 1.165) is 110 Å². The maximum atomic E-state index is 14.9. The van der Waals surface area contributed by atoms with Crippen LogP contribution in [0.2, 0.25) is 0 Å². The predicted molar refractivity (Wildman–Crippen MR) is 466 cm³/mol. The molecule has 15 saturated carbocycles. The molecule has 18 heteroatoms. The van der Waals surface area contributed by atoms with Crippen LogP contribution in [0.5, 0.6) is 0 Å². The Hall–Kier alpha value is -3.86. The van der Waals surface area contributed by atoms with E-state index in [2.05, 4.69) is 92.7 Å². The van der Waals surface area contributed by atoms with Crippen LogP contribution in [0, 0.1) is 188 Å². The Morgan fingerprint density at radius 2 is 0.746 bits per heavy atom. The van der Waals surface area contributed by atoms with Crippen molar-refractivity contribution in [1.82, 2.24) is 0 Å². The summed E-state index contributed by atoms with van der Waals surface area (Å²) >= 11 is 0. The SMILES string of the molecule is CC(C)(O)C#N.CC12CCC3C(C(=O)C=C4CCCCC43C)C1C[C@@H](F)C2=O.CC12CCC3C(C(O)C=C4CCCCC43C)C1C[C@@H](F)C2=O.CC12CCC3C(CC=C4CCCCC43C)C1C[C@@H](F)C2=O.CC12CCCCC1=CC(=O)C1C2CCC2(C)C1C[C@@H](F)C2(C)C#N.CC12CCCCC1=CC(O)C1C2CCC2(C)C1CCC2(C)C#N.CO.[B].[H-].[Na+]. The molecule has 0 amide bonds. The summed E-state index contributed by atoms with van der Waals surface area (Å²) in [7, 11) is 1.00. The number of nitrogens with zero attached hydrogens (tertiary/aromatic N) is 3. The zero-order valence-corrected chi connectivity index (χ0v) is 79.4. The third-order valence-corrected chi connectivity index (χ3v) is 40.9. The molecule has 0 aromatic carbocycles. The molecule has 15 fully saturated rings. The van der Waals surface area contributed by atoms with Crippen molar-refractivity contribution in [3.8, 4) is 18.2 Å². The molecule has 122 heavy (non-hydrogen) atoms. The molecule has 0 saturated heterocycles. The number of alkyl halides is 4. The standard InChI is InChI=1S/C21H28FNO.C21H31NO.C19H27FO2.C19H25FO2.C19H27FO.C4H7NO.CH4O.B.Na.H/c1-19-8-5-4-6-13(19)10-16(24)18-14(19)7-9-20(2)15(18)11-17(22)21(20,3)12-23;1-19(13-22)10-7-16-18-15(8-11-21(16,19)3)20(2)9-5-4-6-14(20)12-17(18)23;2*1-18-7-4-3-5-11(18)9-15(21)16-12(18)6-8-19(2)13(16)10-14(20)17(19)22;1-18-9-4-3-5-12(18)6-7-13-14(18)8-10-19(2)15(13)11-16(20)17(19)21;1-4(2,6)3-5;1-2;;;/h10,14-15,17-18H,4-9,11H2,1-3H3;12,15-18,23H,4-11H2,1-3H3;9,12-16,21H,3-8,10H2,1-2H3;9,12-14,16H,3-8,10H2,1-2H3;6,13-16H,3-5,7-11H2,1-2H3;6H,1-2H3;2H,1H3;;;/q;;;;;;;;+1;-1/t14?,15?,17-,18?,19?,20?,21?;;12?,13?,14-,15?,16?,18?,19?;12?,13?,14-,16?,18?,19?;13?,14?,15?,16-,18?,19?;;;;;/m1.111...../s1. The van der Waals surface area contributed by atoms with Gasteiger partial charge in [-0.1, -0.05) is 147 Å². The average molecular weight is 1700 g/mol. The Labute approximate surface area is 755 Å². The number of ketones is 5. The normalized spacial score (nSPS) is 49.5. The number of aliphatic hydroxyl groups is 4. The van der Waals surface area contributed by atoms with Gasteiger partial charge in [-0.3, -0.25) is 24.0 Å². The van der Waals surface area contributed by atoms with Crippen LogP contribution in [0.4, 0.5) is 17.6 Å². The maximum Gasteiger partial charge on any atom is 1.00 e. The van der Waals surface area contributed by atoms with Crippen LogP contribution in [0.3, 0.4) is 0 Å². The molecular weight excluding hydrogens is 1540 g/mol. The molecule has 12 nitrogen and oxygen atoms in total. The summed E-state index contributed by atoms with van der Waals surface area (Å²) in [5.74, 6) is 3.76. The van der Waals surface area contributed by atoms with Gasteiger partial charge in [-0.15, -0.1) is 0 Å². The van der Waals surface area contributed by atoms with Gasteiger partial charge < -0.3 is 21.9 Å². The Bertz CT molecular complexity index is 4310. The van der Waals surface area contributed by atoms with E-state index in [-0.39, 0.29) is 160 Å². The number of allylic oxidation sites excluding steroid dienone is 8. The number of carbonyl (C=O) groups is 5. The first-order valence-corrected chi connectivity index (χ1v) is 48.0. The van der Waals surface area contributed by atoms with Gasteiger partial charge in [-0.25, -0.2) is 17.6 Å². The zero-order valence-electron chi connectivity index (χ0n) is 78.4. The minimum absolute atomic E-state index is 0. The van der Waals surface area contributed by atoms with Gasteiger partial charge in [0.05, 0.1) is 41.2 Å². The van der Waals surface area contributed by atoms with Crippen molar-refractivity contribution in [2.45, 2.75) is 377 Å². The van der Waals surface area contributed by atoms with Gasteiger partial charge in [-0.05, 0) is 360 Å². The van der Waals surface area contributed by atoms with Gasteiger partial charge in [-0.2, -0.15) is 15.8 Å². The fourth-order valence-electron chi connectivity index (χ4n) is 33.1. The van der Waals surface area contributed by atoms with Crippen molar-refractivity contribution in [3.63, 3.8) is 0 Å². The first kappa shape index (κ1) is 97.2. The second kappa shape index (κ2) is 35.1. The van der Waals surface area contributed by atoms with Gasteiger partial charge >= 0.3 is 29.6 Å². The molecule has 0 spiro atoms. The minimum atomic E-state index is -1.36. The van der Waals surface area contributed by atoms with Crippen LogP contribution in [-0.4, -0.2) is 107 Å². The van der Waals surface area contributed by atoms with E-state index in [1.54, 1.807) is 24.1 Å². The molecule has 29 unspecified atom stereocenters. The van der Waals surface area contributed by atoms with Gasteiger partial charge in [0.15, 0.2) is 47.4 Å². The van der Waals surface area contributed by atoms with Crippen LogP contribution in [0.1, 0.15) is 336 Å². The molecular formula is C104H150BF4N3NaO9. The summed E-state index contributed by atoms with van der Waals surface area (Å²) in [6.45, 7) is 29.1. The Balaban J connectivity index is 0.000000146. The van der Waals surface area contributed by atoms with Gasteiger partial charge in [0, 0.05) is 43.6 Å². The van der Waals surface area contributed by atoms with Crippen molar-refractivity contribution < 1.29 is 92.9 Å². The number of fused-ring (bicyclic) bond motifs is 25. The van der Waals surface area contributed by atoms with Crippen LogP contribution >= 0.6 is 0 Å². The maximum absolute atomic E-state index is 14.9. The summed E-state index contributed by atoms with van der Waals surface area (Å²) in [6, 6.07) is 6.62. The molecule has 4 N–H and O–H groups in total. The summed E-state index contributed by atoms with van der Waals surface area (Å²) < 4.78 is 57.2. The average Bonchev–Trinajstić information content (AvgIpc) is 1.54. The van der Waals surface area contributed by atoms with Gasteiger partial charge in [0.2, 0.25) is 0 Å². The summed E-state index contributed by atoms with van der Waals surface area (Å²) in [5, 5.41) is 64.7. The summed E-state index contributed by atoms with van der Waals surface area (Å²) in [5.41, 5.74) is 4.26. The molecule has 0 aliphatic heterocycles. The van der Waals surface area contributed by atoms with Crippen molar-refractivity contribution >= 4 is 37.3 Å². The van der Waals surface area contributed by atoms with Crippen LogP contribution in [0.15, 0.2) is 58.2 Å². The van der Waals surface area contributed by atoms with E-state index in [4.69, 9.17) is 15.5 Å². The third kappa shape index (κ3) is 15.2. The minimum Gasteiger partial charge on any atom is -1.00 e. The number of hydrogen-bond acceptors (Lipinski definition) is 12. The van der Waals surface area contributed by atoms with Gasteiger partial charge in [0.1, 0.15) is 11.8 Å². The zero-order chi connectivity index (χ0) is 87.2. The summed E-state index contributed by atoms with van der Waals surface area (Å²) in [4.78, 5) is 62.8. The van der Waals surface area contributed by atoms with E-state index >= 15 is 0 Å². The van der Waals surface area contributed by atoms with Crippen molar-refractivity contribution in [2.75, 3.05) is 7.11 Å². The smallest absolute Gasteiger partial charge is 1.00 e. The van der Waals surface area contributed by atoms with E-state index in [9.17, 15) is 62.3 Å². The number of rotatable bonds is 0. The molecule has 0 bridgehead atoms. The molecule has 20 aliphatic rings. The van der Waals surface area contributed by atoms with Crippen molar-refractivity contribution in [3.05, 3.63) is 58.2 Å². The molecule has 0 heterocycles. The van der Waals surface area contributed by atoms with Crippen LogP contribution in [-0.2, 0) is 24.0 Å². The fraction of sp³-hybridized carbons (Fsp3) is 0.827. The molecule has 0 aromatic rings. The Morgan fingerprint density at radius 3 is 1.20 bits per heavy atom. The molecule has 3 radical (unpaired) electrons. The Kier molecular flexibility index (Phi) is 28.0. The molecule has 33 atom stereocenters. The van der Waals surface area contributed by atoms with E-state index < -0.39 is 52.6 Å². The number of carbonyl (C=O) groups excluding carboxylic acids is 5. The number of hydrogen-bond donors (Lipinski definition) is 4. The van der Waals surface area contributed by atoms with Crippen molar-refractivity contribution in [1.29, 1.82) is 15.8 Å². The van der Waals surface area contributed by atoms with Crippen LogP contribution < -0.4 is 29.6 Å². The van der Waals surface area contributed by atoms with Crippen LogP contribution in [0.25, 0.3) is 0 Å².